The van der Waals surface area contributed by atoms with E-state index in [0.717, 1.165) is 12.8 Å². The van der Waals surface area contributed by atoms with Crippen molar-refractivity contribution >= 4 is 5.97 Å². The molecule has 0 heterocycles. The summed E-state index contributed by atoms with van der Waals surface area (Å²) in [6.07, 6.45) is 2.44. The molecule has 94 valence electrons. The molecule has 3 heteroatoms. The maximum atomic E-state index is 10.9. The van der Waals surface area contributed by atoms with E-state index in [1.807, 2.05) is 6.92 Å². The number of hydrogen-bond acceptors (Lipinski definition) is 2. The number of carboxylic acids is 1. The lowest BCUT2D eigenvalue weighted by molar-refractivity contribution is -0.139. The van der Waals surface area contributed by atoms with Gasteiger partial charge in [-0.15, -0.1) is 0 Å². The quantitative estimate of drug-likeness (QED) is 0.763. The number of benzene rings is 1. The zero-order chi connectivity index (χ0) is 12.7. The zero-order valence-corrected chi connectivity index (χ0v) is 10.6. The van der Waals surface area contributed by atoms with Gasteiger partial charge in [-0.1, -0.05) is 43.2 Å². The first kappa shape index (κ1) is 13.7. The van der Waals surface area contributed by atoms with Crippen LogP contribution in [0.15, 0.2) is 24.3 Å². The van der Waals surface area contributed by atoms with Crippen LogP contribution in [0.5, 0.6) is 0 Å². The van der Waals surface area contributed by atoms with Crippen molar-refractivity contribution in [2.45, 2.75) is 39.2 Å². The average molecular weight is 235 g/mol. The topological polar surface area (TPSA) is 49.3 Å². The molecular formula is C14H21NO2. The molecule has 1 atom stereocenters. The first-order chi connectivity index (χ1) is 8.13. The lowest BCUT2D eigenvalue weighted by atomic mass is 10.1. The van der Waals surface area contributed by atoms with Crippen molar-refractivity contribution in [3.05, 3.63) is 35.4 Å². The Kier molecular flexibility index (Phi) is 5.70. The molecule has 1 aromatic rings. The average Bonchev–Trinajstić information content (AvgIpc) is 2.30. The normalized spacial score (nSPS) is 12.4. The smallest absolute Gasteiger partial charge is 0.320 e. The van der Waals surface area contributed by atoms with Gasteiger partial charge in [0.2, 0.25) is 0 Å². The highest BCUT2D eigenvalue weighted by Gasteiger charge is 2.14. The van der Waals surface area contributed by atoms with E-state index in [-0.39, 0.29) is 0 Å². The van der Waals surface area contributed by atoms with E-state index in [1.165, 1.54) is 11.1 Å². The van der Waals surface area contributed by atoms with E-state index >= 15 is 0 Å². The molecule has 0 aliphatic rings. The van der Waals surface area contributed by atoms with Gasteiger partial charge in [-0.2, -0.15) is 0 Å². The number of rotatable bonds is 7. The minimum atomic E-state index is -0.754. The van der Waals surface area contributed by atoms with Crippen molar-refractivity contribution in [1.82, 2.24) is 5.32 Å². The highest BCUT2D eigenvalue weighted by Crippen LogP contribution is 2.04. The third-order valence-corrected chi connectivity index (χ3v) is 2.80. The van der Waals surface area contributed by atoms with Crippen LogP contribution in [0.1, 0.15) is 30.9 Å². The maximum absolute atomic E-state index is 10.9. The van der Waals surface area contributed by atoms with Crippen LogP contribution in [-0.4, -0.2) is 23.7 Å². The maximum Gasteiger partial charge on any atom is 0.320 e. The molecule has 0 aliphatic heterocycles. The molecule has 0 saturated heterocycles. The van der Waals surface area contributed by atoms with Crippen LogP contribution in [0.2, 0.25) is 0 Å². The Bertz CT molecular complexity index is 346. The molecule has 0 aliphatic carbocycles. The predicted octanol–water partition coefficient (Wildman–Crippen LogP) is 2.38. The van der Waals surface area contributed by atoms with E-state index < -0.39 is 12.0 Å². The number of aliphatic carboxylic acids is 1. The van der Waals surface area contributed by atoms with Gasteiger partial charge in [-0.3, -0.25) is 4.79 Å². The Labute approximate surface area is 103 Å². The van der Waals surface area contributed by atoms with E-state index in [9.17, 15) is 4.79 Å². The predicted molar refractivity (Wildman–Crippen MR) is 69.2 cm³/mol. The molecule has 0 radical (unpaired) electrons. The van der Waals surface area contributed by atoms with E-state index in [1.54, 1.807) is 0 Å². The number of hydrogen-bond donors (Lipinski definition) is 2. The number of carbonyl (C=O) groups is 1. The van der Waals surface area contributed by atoms with Crippen molar-refractivity contribution < 1.29 is 9.90 Å². The van der Waals surface area contributed by atoms with E-state index in [4.69, 9.17) is 5.11 Å². The van der Waals surface area contributed by atoms with Crippen molar-refractivity contribution in [2.75, 3.05) is 6.54 Å². The van der Waals surface area contributed by atoms with Gasteiger partial charge in [0, 0.05) is 0 Å². The van der Waals surface area contributed by atoms with Crippen LogP contribution in [0.4, 0.5) is 0 Å². The lowest BCUT2D eigenvalue weighted by Crippen LogP contribution is -2.37. The summed E-state index contributed by atoms with van der Waals surface area (Å²) in [5.74, 6) is -0.754. The SMILES string of the molecule is CCCC(NCCc1ccc(C)cc1)C(=O)O. The summed E-state index contributed by atoms with van der Waals surface area (Å²) in [4.78, 5) is 10.9. The summed E-state index contributed by atoms with van der Waals surface area (Å²) in [7, 11) is 0. The van der Waals surface area contributed by atoms with Crippen molar-refractivity contribution in [2.24, 2.45) is 0 Å². The first-order valence-corrected chi connectivity index (χ1v) is 6.15. The minimum absolute atomic E-state index is 0.412. The zero-order valence-electron chi connectivity index (χ0n) is 10.6. The van der Waals surface area contributed by atoms with E-state index in [0.29, 0.717) is 13.0 Å². The van der Waals surface area contributed by atoms with Crippen LogP contribution in [0, 0.1) is 6.92 Å². The Hall–Kier alpha value is -1.35. The van der Waals surface area contributed by atoms with Gasteiger partial charge in [0.15, 0.2) is 0 Å². The fourth-order valence-corrected chi connectivity index (χ4v) is 1.75. The summed E-state index contributed by atoms with van der Waals surface area (Å²) in [6.45, 7) is 4.77. The largest absolute Gasteiger partial charge is 0.480 e. The Morgan fingerprint density at radius 3 is 2.53 bits per heavy atom. The summed E-state index contributed by atoms with van der Waals surface area (Å²) in [5.41, 5.74) is 2.49. The molecule has 0 aromatic heterocycles. The summed E-state index contributed by atoms with van der Waals surface area (Å²) in [5, 5.41) is 12.1. The molecule has 3 nitrogen and oxygen atoms in total. The van der Waals surface area contributed by atoms with E-state index in [2.05, 4.69) is 36.5 Å². The van der Waals surface area contributed by atoms with Crippen LogP contribution in [-0.2, 0) is 11.2 Å². The molecule has 0 bridgehead atoms. The van der Waals surface area contributed by atoms with Crippen molar-refractivity contribution in [3.63, 3.8) is 0 Å². The van der Waals surface area contributed by atoms with Gasteiger partial charge >= 0.3 is 5.97 Å². The highest BCUT2D eigenvalue weighted by atomic mass is 16.4. The molecule has 2 N–H and O–H groups in total. The number of carboxylic acid groups (broad SMARTS) is 1. The number of nitrogens with one attached hydrogen (secondary N) is 1. The second-order valence-electron chi connectivity index (χ2n) is 4.37. The molecule has 17 heavy (non-hydrogen) atoms. The van der Waals surface area contributed by atoms with Crippen LogP contribution in [0.3, 0.4) is 0 Å². The molecule has 1 aromatic carbocycles. The van der Waals surface area contributed by atoms with Crippen LogP contribution < -0.4 is 5.32 Å². The van der Waals surface area contributed by atoms with Crippen molar-refractivity contribution in [1.29, 1.82) is 0 Å². The van der Waals surface area contributed by atoms with Gasteiger partial charge in [0.1, 0.15) is 6.04 Å². The van der Waals surface area contributed by atoms with Crippen LogP contribution >= 0.6 is 0 Å². The monoisotopic (exact) mass is 235 g/mol. The molecule has 0 spiro atoms. The minimum Gasteiger partial charge on any atom is -0.480 e. The fourth-order valence-electron chi connectivity index (χ4n) is 1.75. The molecule has 1 rings (SSSR count). The van der Waals surface area contributed by atoms with Gasteiger partial charge in [-0.05, 0) is 31.9 Å². The summed E-state index contributed by atoms with van der Waals surface area (Å²) < 4.78 is 0. The Balaban J connectivity index is 2.35. The lowest BCUT2D eigenvalue weighted by Gasteiger charge is -2.13. The van der Waals surface area contributed by atoms with Gasteiger partial charge in [0.25, 0.3) is 0 Å². The van der Waals surface area contributed by atoms with Gasteiger partial charge < -0.3 is 10.4 Å². The fraction of sp³-hybridized carbons (Fsp3) is 0.500. The molecule has 0 amide bonds. The van der Waals surface area contributed by atoms with Crippen LogP contribution in [0.25, 0.3) is 0 Å². The Morgan fingerprint density at radius 1 is 1.35 bits per heavy atom. The molecule has 0 saturated carbocycles. The summed E-state index contributed by atoms with van der Waals surface area (Å²) in [6, 6.07) is 7.93. The third kappa shape index (κ3) is 5.00. The third-order valence-electron chi connectivity index (χ3n) is 2.80. The van der Waals surface area contributed by atoms with Gasteiger partial charge in [0.05, 0.1) is 0 Å². The second kappa shape index (κ2) is 7.07. The Morgan fingerprint density at radius 2 is 2.00 bits per heavy atom. The molecule has 1 unspecified atom stereocenters. The first-order valence-electron chi connectivity index (χ1n) is 6.15. The van der Waals surface area contributed by atoms with Gasteiger partial charge in [-0.25, -0.2) is 0 Å². The molecule has 0 fully saturated rings. The highest BCUT2D eigenvalue weighted by molar-refractivity contribution is 5.73. The summed E-state index contributed by atoms with van der Waals surface area (Å²) >= 11 is 0. The second-order valence-corrected chi connectivity index (χ2v) is 4.37. The van der Waals surface area contributed by atoms with Crippen molar-refractivity contribution in [3.8, 4) is 0 Å². The molecular weight excluding hydrogens is 214 g/mol. The standard InChI is InChI=1S/C14H21NO2/c1-3-4-13(14(16)17)15-10-9-12-7-5-11(2)6-8-12/h5-8,13,15H,3-4,9-10H2,1-2H3,(H,16,17). The number of aryl methyl sites for hydroxylation is 1.